The molecule has 0 bridgehead atoms. The number of nitrogens with one attached hydrogen (secondary N) is 1. The summed E-state index contributed by atoms with van der Waals surface area (Å²) in [5.41, 5.74) is 0.440. The third-order valence-corrected chi connectivity index (χ3v) is 3.10. The van der Waals surface area contributed by atoms with E-state index in [1.807, 2.05) is 0 Å². The van der Waals surface area contributed by atoms with Crippen molar-refractivity contribution in [3.05, 3.63) is 22.8 Å². The zero-order chi connectivity index (χ0) is 15.3. The van der Waals surface area contributed by atoms with Crippen molar-refractivity contribution in [1.82, 2.24) is 9.88 Å². The Labute approximate surface area is 125 Å². The Morgan fingerprint density at radius 1 is 1.50 bits per heavy atom. The number of halogens is 1. The van der Waals surface area contributed by atoms with Crippen molar-refractivity contribution in [3.8, 4) is 0 Å². The van der Waals surface area contributed by atoms with Crippen LogP contribution in [-0.2, 0) is 0 Å². The van der Waals surface area contributed by atoms with Gasteiger partial charge in [0, 0.05) is 20.3 Å². The summed E-state index contributed by atoms with van der Waals surface area (Å²) in [6.07, 6.45) is 2.30. The van der Waals surface area contributed by atoms with Crippen LogP contribution in [0.25, 0.3) is 0 Å². The highest BCUT2D eigenvalue weighted by atomic mass is 35.5. The number of rotatable bonds is 6. The number of hydrogen-bond acceptors (Lipinski definition) is 4. The molecule has 0 unspecified atom stereocenters. The van der Waals surface area contributed by atoms with E-state index < -0.39 is 0 Å². The minimum Gasteiger partial charge on any atom is -0.394 e. The molecular formula is C14H22ClN3O2. The lowest BCUT2D eigenvalue weighted by Crippen LogP contribution is -2.26. The van der Waals surface area contributed by atoms with Gasteiger partial charge >= 0.3 is 0 Å². The van der Waals surface area contributed by atoms with Gasteiger partial charge in [0.05, 0.1) is 23.2 Å². The first-order chi connectivity index (χ1) is 9.35. The Hall–Kier alpha value is -1.33. The average Bonchev–Trinajstić information content (AvgIpc) is 2.38. The maximum absolute atomic E-state index is 11.8. The summed E-state index contributed by atoms with van der Waals surface area (Å²) >= 11 is 6.14. The van der Waals surface area contributed by atoms with E-state index >= 15 is 0 Å². The third-order valence-electron chi connectivity index (χ3n) is 2.81. The molecule has 0 saturated carbocycles. The maximum Gasteiger partial charge on any atom is 0.254 e. The van der Waals surface area contributed by atoms with E-state index in [-0.39, 0.29) is 18.6 Å². The molecule has 6 heteroatoms. The largest absolute Gasteiger partial charge is 0.394 e. The van der Waals surface area contributed by atoms with Crippen molar-refractivity contribution in [2.45, 2.75) is 26.3 Å². The molecule has 0 fully saturated rings. The van der Waals surface area contributed by atoms with Crippen LogP contribution in [0, 0.1) is 5.92 Å². The number of anilines is 1. The van der Waals surface area contributed by atoms with Crippen molar-refractivity contribution >= 4 is 23.3 Å². The first-order valence-corrected chi connectivity index (χ1v) is 6.97. The van der Waals surface area contributed by atoms with E-state index in [9.17, 15) is 9.90 Å². The Balaban J connectivity index is 2.85. The van der Waals surface area contributed by atoms with Crippen LogP contribution in [0.5, 0.6) is 0 Å². The zero-order valence-electron chi connectivity index (χ0n) is 12.4. The molecule has 0 aliphatic rings. The number of aliphatic hydroxyl groups excluding tert-OH is 1. The van der Waals surface area contributed by atoms with Gasteiger partial charge in [-0.15, -0.1) is 0 Å². The molecule has 0 aliphatic carbocycles. The summed E-state index contributed by atoms with van der Waals surface area (Å²) < 4.78 is 0. The molecule has 1 aromatic rings. The number of carbonyl (C=O) groups excluding carboxylic acids is 1. The monoisotopic (exact) mass is 299 g/mol. The van der Waals surface area contributed by atoms with Crippen LogP contribution in [0.4, 0.5) is 5.82 Å². The molecule has 1 amide bonds. The second kappa shape index (κ2) is 7.45. The lowest BCUT2D eigenvalue weighted by molar-refractivity contribution is 0.0827. The molecule has 20 heavy (non-hydrogen) atoms. The summed E-state index contributed by atoms with van der Waals surface area (Å²) in [6.45, 7) is 4.17. The predicted octanol–water partition coefficient (Wildman–Crippen LogP) is 2.26. The van der Waals surface area contributed by atoms with Gasteiger partial charge in [-0.05, 0) is 18.4 Å². The van der Waals surface area contributed by atoms with Gasteiger partial charge in [0.2, 0.25) is 0 Å². The molecule has 0 radical (unpaired) electrons. The summed E-state index contributed by atoms with van der Waals surface area (Å²) in [6, 6.07) is 1.48. The van der Waals surface area contributed by atoms with Gasteiger partial charge in [0.1, 0.15) is 5.82 Å². The van der Waals surface area contributed by atoms with E-state index in [1.54, 1.807) is 20.2 Å². The fourth-order valence-corrected chi connectivity index (χ4v) is 2.08. The van der Waals surface area contributed by atoms with Crippen molar-refractivity contribution in [2.24, 2.45) is 5.92 Å². The SMILES string of the molecule is CC(C)C[C@H](CO)Nc1ncc(C(=O)N(C)C)cc1Cl. The number of hydrogen-bond donors (Lipinski definition) is 2. The number of aromatic nitrogens is 1. The Morgan fingerprint density at radius 2 is 2.15 bits per heavy atom. The van der Waals surface area contributed by atoms with Gasteiger partial charge in [0.25, 0.3) is 5.91 Å². The maximum atomic E-state index is 11.8. The average molecular weight is 300 g/mol. The van der Waals surface area contributed by atoms with Crippen molar-refractivity contribution in [2.75, 3.05) is 26.0 Å². The summed E-state index contributed by atoms with van der Waals surface area (Å²) in [7, 11) is 3.35. The normalized spacial score (nSPS) is 12.3. The Kier molecular flexibility index (Phi) is 6.23. The lowest BCUT2D eigenvalue weighted by Gasteiger charge is -2.20. The molecule has 5 nitrogen and oxygen atoms in total. The van der Waals surface area contributed by atoms with Gasteiger partial charge in [-0.25, -0.2) is 4.98 Å². The summed E-state index contributed by atoms with van der Waals surface area (Å²) in [5, 5.41) is 12.8. The number of carbonyl (C=O) groups is 1. The van der Waals surface area contributed by atoms with Crippen molar-refractivity contribution < 1.29 is 9.90 Å². The smallest absolute Gasteiger partial charge is 0.254 e. The number of aliphatic hydroxyl groups is 1. The molecule has 2 N–H and O–H groups in total. The molecule has 1 aromatic heterocycles. The van der Waals surface area contributed by atoms with Crippen LogP contribution in [0.15, 0.2) is 12.3 Å². The highest BCUT2D eigenvalue weighted by Crippen LogP contribution is 2.22. The third kappa shape index (κ3) is 4.65. The highest BCUT2D eigenvalue weighted by molar-refractivity contribution is 6.33. The molecular weight excluding hydrogens is 278 g/mol. The van der Waals surface area contributed by atoms with E-state index in [0.29, 0.717) is 22.3 Å². The van der Waals surface area contributed by atoms with Gasteiger partial charge in [0.15, 0.2) is 0 Å². The van der Waals surface area contributed by atoms with E-state index in [2.05, 4.69) is 24.1 Å². The topological polar surface area (TPSA) is 65.5 Å². The first-order valence-electron chi connectivity index (χ1n) is 6.59. The Bertz CT molecular complexity index is 464. The second-order valence-electron chi connectivity index (χ2n) is 5.41. The minimum atomic E-state index is -0.146. The number of nitrogens with zero attached hydrogens (tertiary/aromatic N) is 2. The van der Waals surface area contributed by atoms with Crippen molar-refractivity contribution in [1.29, 1.82) is 0 Å². The van der Waals surface area contributed by atoms with E-state index in [1.165, 1.54) is 11.1 Å². The van der Waals surface area contributed by atoms with Crippen LogP contribution in [0.1, 0.15) is 30.6 Å². The summed E-state index contributed by atoms with van der Waals surface area (Å²) in [5.74, 6) is 0.793. The molecule has 1 heterocycles. The lowest BCUT2D eigenvalue weighted by atomic mass is 10.0. The quantitative estimate of drug-likeness (QED) is 0.845. The van der Waals surface area contributed by atoms with Gasteiger partial charge < -0.3 is 15.3 Å². The van der Waals surface area contributed by atoms with Gasteiger partial charge in [-0.1, -0.05) is 25.4 Å². The predicted molar refractivity (Wildman–Crippen MR) is 81.2 cm³/mol. The van der Waals surface area contributed by atoms with Crippen LogP contribution >= 0.6 is 11.6 Å². The molecule has 0 aliphatic heterocycles. The van der Waals surface area contributed by atoms with E-state index in [4.69, 9.17) is 11.6 Å². The molecule has 1 rings (SSSR count). The van der Waals surface area contributed by atoms with Crippen LogP contribution in [0.2, 0.25) is 5.02 Å². The molecule has 0 aromatic carbocycles. The summed E-state index contributed by atoms with van der Waals surface area (Å²) in [4.78, 5) is 17.4. The van der Waals surface area contributed by atoms with Crippen molar-refractivity contribution in [3.63, 3.8) is 0 Å². The Morgan fingerprint density at radius 3 is 2.60 bits per heavy atom. The standard InChI is InChI=1S/C14H22ClN3O2/c1-9(2)5-11(8-19)17-13-12(15)6-10(7-16-13)14(20)18(3)4/h6-7,9,11,19H,5,8H2,1-4H3,(H,16,17)/t11-/m1/s1. The molecule has 0 saturated heterocycles. The molecule has 1 atom stereocenters. The zero-order valence-corrected chi connectivity index (χ0v) is 13.1. The van der Waals surface area contributed by atoms with Gasteiger partial charge in [-0.3, -0.25) is 4.79 Å². The van der Waals surface area contributed by atoms with Crippen LogP contribution in [-0.4, -0.2) is 47.6 Å². The number of amides is 1. The molecule has 0 spiro atoms. The van der Waals surface area contributed by atoms with E-state index in [0.717, 1.165) is 6.42 Å². The molecule has 112 valence electrons. The van der Waals surface area contributed by atoms with Gasteiger partial charge in [-0.2, -0.15) is 0 Å². The fourth-order valence-electron chi connectivity index (χ4n) is 1.86. The first kappa shape index (κ1) is 16.7. The highest BCUT2D eigenvalue weighted by Gasteiger charge is 2.15. The fraction of sp³-hybridized carbons (Fsp3) is 0.571. The number of pyridine rings is 1. The van der Waals surface area contributed by atoms with Crippen LogP contribution < -0.4 is 5.32 Å². The minimum absolute atomic E-state index is 0.00850. The second-order valence-corrected chi connectivity index (χ2v) is 5.81. The van der Waals surface area contributed by atoms with Crippen LogP contribution in [0.3, 0.4) is 0 Å².